The normalized spacial score (nSPS) is 12.6. The molecule has 3 aromatic rings. The number of benzene rings is 2. The molecule has 1 atom stereocenters. The highest BCUT2D eigenvalue weighted by atomic mass is 127. The number of halogens is 2. The molecule has 0 fully saturated rings. The summed E-state index contributed by atoms with van der Waals surface area (Å²) < 4.78 is 0.973. The largest absolute Gasteiger partial charge is 0.384 e. The average Bonchev–Trinajstić information content (AvgIpc) is 2.49. The van der Waals surface area contributed by atoms with Crippen LogP contribution < -0.4 is 0 Å². The van der Waals surface area contributed by atoms with Crippen LogP contribution in [0.2, 0.25) is 5.02 Å². The van der Waals surface area contributed by atoms with Gasteiger partial charge in [0.1, 0.15) is 6.10 Å². The Labute approximate surface area is 135 Å². The van der Waals surface area contributed by atoms with E-state index in [1.807, 2.05) is 42.5 Å². The van der Waals surface area contributed by atoms with Crippen LogP contribution in [0.15, 0.2) is 54.7 Å². The molecule has 4 heteroatoms. The fourth-order valence-electron chi connectivity index (χ4n) is 2.13. The maximum absolute atomic E-state index is 10.5. The summed E-state index contributed by atoms with van der Waals surface area (Å²) in [6, 6.07) is 15.3. The standard InChI is InChI=1S/C16H11ClINO/c17-13-8-11(5-6-14(13)18)16(20)12-4-3-10-2-1-7-19-15(10)9-12/h1-9,16,20H. The average molecular weight is 396 g/mol. The van der Waals surface area contributed by atoms with Crippen molar-refractivity contribution in [2.45, 2.75) is 6.10 Å². The van der Waals surface area contributed by atoms with Crippen molar-refractivity contribution >= 4 is 45.1 Å². The minimum absolute atomic E-state index is 0.654. The first-order valence-corrected chi connectivity index (χ1v) is 7.58. The zero-order chi connectivity index (χ0) is 14.1. The highest BCUT2D eigenvalue weighted by Crippen LogP contribution is 2.28. The fraction of sp³-hybridized carbons (Fsp3) is 0.0625. The van der Waals surface area contributed by atoms with Crippen molar-refractivity contribution in [3.8, 4) is 0 Å². The summed E-state index contributed by atoms with van der Waals surface area (Å²) in [5.74, 6) is 0. The molecule has 0 saturated heterocycles. The van der Waals surface area contributed by atoms with Gasteiger partial charge in [-0.3, -0.25) is 4.98 Å². The molecule has 2 aromatic carbocycles. The van der Waals surface area contributed by atoms with Gasteiger partial charge in [0, 0.05) is 15.2 Å². The molecule has 1 aromatic heterocycles. The van der Waals surface area contributed by atoms with Crippen molar-refractivity contribution in [3.05, 3.63) is 74.4 Å². The molecule has 0 aliphatic heterocycles. The summed E-state index contributed by atoms with van der Waals surface area (Å²) >= 11 is 8.28. The smallest absolute Gasteiger partial charge is 0.104 e. The molecule has 0 bridgehead atoms. The van der Waals surface area contributed by atoms with Crippen LogP contribution in [-0.2, 0) is 0 Å². The molecule has 0 aliphatic rings. The van der Waals surface area contributed by atoms with E-state index < -0.39 is 6.10 Å². The van der Waals surface area contributed by atoms with Gasteiger partial charge in [0.05, 0.1) is 10.5 Å². The molecule has 0 aliphatic carbocycles. The number of nitrogens with zero attached hydrogens (tertiary/aromatic N) is 1. The highest BCUT2D eigenvalue weighted by molar-refractivity contribution is 14.1. The van der Waals surface area contributed by atoms with Gasteiger partial charge in [-0.1, -0.05) is 35.9 Å². The minimum Gasteiger partial charge on any atom is -0.384 e. The molecule has 0 spiro atoms. The molecule has 0 saturated carbocycles. The van der Waals surface area contributed by atoms with Crippen molar-refractivity contribution in [2.75, 3.05) is 0 Å². The number of aliphatic hydroxyl groups excluding tert-OH is 1. The Bertz CT molecular complexity index is 775. The van der Waals surface area contributed by atoms with Crippen LogP contribution >= 0.6 is 34.2 Å². The third-order valence-corrected chi connectivity index (χ3v) is 4.78. The number of pyridine rings is 1. The van der Waals surface area contributed by atoms with E-state index in [1.54, 1.807) is 12.3 Å². The molecule has 3 rings (SSSR count). The lowest BCUT2D eigenvalue weighted by atomic mass is 10.0. The molecular formula is C16H11ClINO. The predicted molar refractivity (Wildman–Crippen MR) is 90.0 cm³/mol. The molecule has 1 heterocycles. The summed E-state index contributed by atoms with van der Waals surface area (Å²) in [5.41, 5.74) is 2.47. The van der Waals surface area contributed by atoms with Crippen molar-refractivity contribution in [1.29, 1.82) is 0 Å². The van der Waals surface area contributed by atoms with E-state index >= 15 is 0 Å². The number of aromatic nitrogens is 1. The second kappa shape index (κ2) is 5.68. The van der Waals surface area contributed by atoms with Crippen molar-refractivity contribution in [3.63, 3.8) is 0 Å². The molecule has 1 N–H and O–H groups in total. The zero-order valence-electron chi connectivity index (χ0n) is 10.4. The van der Waals surface area contributed by atoms with Crippen LogP contribution in [0.5, 0.6) is 0 Å². The molecule has 1 unspecified atom stereocenters. The molecular weight excluding hydrogens is 385 g/mol. The SMILES string of the molecule is OC(c1ccc(I)c(Cl)c1)c1ccc2cccnc2c1. The third-order valence-electron chi connectivity index (χ3n) is 3.21. The Kier molecular flexibility index (Phi) is 3.92. The summed E-state index contributed by atoms with van der Waals surface area (Å²) in [7, 11) is 0. The Morgan fingerprint density at radius 1 is 1.05 bits per heavy atom. The van der Waals surface area contributed by atoms with Crippen LogP contribution in [0, 0.1) is 3.57 Å². The lowest BCUT2D eigenvalue weighted by Crippen LogP contribution is -2.00. The maximum atomic E-state index is 10.5. The number of hydrogen-bond donors (Lipinski definition) is 1. The second-order valence-electron chi connectivity index (χ2n) is 4.53. The summed E-state index contributed by atoms with van der Waals surface area (Å²) in [4.78, 5) is 4.31. The second-order valence-corrected chi connectivity index (χ2v) is 6.10. The lowest BCUT2D eigenvalue weighted by molar-refractivity contribution is 0.220. The van der Waals surface area contributed by atoms with Crippen LogP contribution in [0.1, 0.15) is 17.2 Å². The van der Waals surface area contributed by atoms with Crippen molar-refractivity contribution < 1.29 is 5.11 Å². The first-order valence-electron chi connectivity index (χ1n) is 6.13. The third kappa shape index (κ3) is 2.66. The van der Waals surface area contributed by atoms with Gasteiger partial charge in [0.15, 0.2) is 0 Å². The van der Waals surface area contributed by atoms with Crippen LogP contribution in [-0.4, -0.2) is 10.1 Å². The van der Waals surface area contributed by atoms with Crippen molar-refractivity contribution in [1.82, 2.24) is 4.98 Å². The topological polar surface area (TPSA) is 33.1 Å². The lowest BCUT2D eigenvalue weighted by Gasteiger charge is -2.13. The molecule has 100 valence electrons. The number of aliphatic hydroxyl groups is 1. The quantitative estimate of drug-likeness (QED) is 0.645. The maximum Gasteiger partial charge on any atom is 0.104 e. The predicted octanol–water partition coefficient (Wildman–Crippen LogP) is 4.57. The summed E-state index contributed by atoms with van der Waals surface area (Å²) in [5, 5.41) is 12.2. The van der Waals surface area contributed by atoms with Gasteiger partial charge in [-0.15, -0.1) is 0 Å². The van der Waals surface area contributed by atoms with E-state index in [9.17, 15) is 5.11 Å². The Hall–Kier alpha value is -1.17. The summed E-state index contributed by atoms with van der Waals surface area (Å²) in [6.45, 7) is 0. The first kappa shape index (κ1) is 13.8. The van der Waals surface area contributed by atoms with Gasteiger partial charge in [-0.05, 0) is 58.0 Å². The monoisotopic (exact) mass is 395 g/mol. The number of rotatable bonds is 2. The fourth-order valence-corrected chi connectivity index (χ4v) is 2.65. The van der Waals surface area contributed by atoms with Crippen molar-refractivity contribution in [2.24, 2.45) is 0 Å². The zero-order valence-corrected chi connectivity index (χ0v) is 13.3. The van der Waals surface area contributed by atoms with E-state index in [2.05, 4.69) is 27.6 Å². The Balaban J connectivity index is 2.02. The van der Waals surface area contributed by atoms with Gasteiger partial charge in [0.25, 0.3) is 0 Å². The number of fused-ring (bicyclic) bond motifs is 1. The van der Waals surface area contributed by atoms with Gasteiger partial charge in [-0.25, -0.2) is 0 Å². The molecule has 0 radical (unpaired) electrons. The Morgan fingerprint density at radius 3 is 2.60 bits per heavy atom. The highest BCUT2D eigenvalue weighted by Gasteiger charge is 2.12. The van der Waals surface area contributed by atoms with E-state index in [1.165, 1.54) is 0 Å². The molecule has 2 nitrogen and oxygen atoms in total. The first-order chi connectivity index (χ1) is 9.65. The van der Waals surface area contributed by atoms with Crippen LogP contribution in [0.25, 0.3) is 10.9 Å². The molecule has 20 heavy (non-hydrogen) atoms. The van der Waals surface area contributed by atoms with Crippen LogP contribution in [0.4, 0.5) is 0 Å². The molecule has 0 amide bonds. The van der Waals surface area contributed by atoms with E-state index in [0.717, 1.165) is 25.6 Å². The van der Waals surface area contributed by atoms with Crippen LogP contribution in [0.3, 0.4) is 0 Å². The van der Waals surface area contributed by atoms with Gasteiger partial charge in [-0.2, -0.15) is 0 Å². The summed E-state index contributed by atoms with van der Waals surface area (Å²) in [6.07, 6.45) is 1.05. The number of hydrogen-bond acceptors (Lipinski definition) is 2. The van der Waals surface area contributed by atoms with E-state index in [4.69, 9.17) is 11.6 Å². The van der Waals surface area contributed by atoms with Gasteiger partial charge in [0.2, 0.25) is 0 Å². The van der Waals surface area contributed by atoms with E-state index in [-0.39, 0.29) is 0 Å². The minimum atomic E-state index is -0.698. The Morgan fingerprint density at radius 2 is 1.80 bits per heavy atom. The van der Waals surface area contributed by atoms with E-state index in [0.29, 0.717) is 5.02 Å². The van der Waals surface area contributed by atoms with Gasteiger partial charge >= 0.3 is 0 Å². The van der Waals surface area contributed by atoms with Gasteiger partial charge < -0.3 is 5.11 Å².